The van der Waals surface area contributed by atoms with E-state index in [1.807, 2.05) is 6.26 Å². The summed E-state index contributed by atoms with van der Waals surface area (Å²) in [5, 5.41) is 0. The van der Waals surface area contributed by atoms with Gasteiger partial charge in [0.25, 0.3) is 0 Å². The smallest absolute Gasteiger partial charge is 0.101 e. The van der Waals surface area contributed by atoms with Crippen LogP contribution < -0.4 is 0 Å². The molecule has 0 N–H and O–H groups in total. The fourth-order valence-electron chi connectivity index (χ4n) is 1.000. The maximum Gasteiger partial charge on any atom is 0.101 e. The van der Waals surface area contributed by atoms with Crippen LogP contribution in [0, 0.1) is 0 Å². The van der Waals surface area contributed by atoms with Crippen molar-refractivity contribution in [3.63, 3.8) is 0 Å². The molecule has 0 aliphatic rings. The Morgan fingerprint density at radius 3 is 2.33 bits per heavy atom. The number of rotatable bonds is 3. The molecular weight excluding hydrogens is 280 g/mol. The predicted molar refractivity (Wildman–Crippen MR) is 84.5 cm³/mol. The summed E-state index contributed by atoms with van der Waals surface area (Å²) >= 11 is 17.3. The first-order valence-electron chi connectivity index (χ1n) is 4.16. The molecule has 1 rings (SSSR count). The number of hydrogen-bond acceptors (Lipinski definition) is 4. The van der Waals surface area contributed by atoms with E-state index >= 15 is 0 Å². The number of thiocarbonyl (C=S) groups is 2. The molecule has 0 amide bonds. The van der Waals surface area contributed by atoms with E-state index in [1.165, 1.54) is 5.56 Å². The molecule has 15 heavy (non-hydrogen) atoms. The summed E-state index contributed by atoms with van der Waals surface area (Å²) in [6.45, 7) is 0. The minimum Gasteiger partial charge on any atom is -0.125 e. The molecule has 0 bridgehead atoms. The Morgan fingerprint density at radius 1 is 1.27 bits per heavy atom. The van der Waals surface area contributed by atoms with Crippen molar-refractivity contribution >= 4 is 68.3 Å². The third-order valence-electron chi connectivity index (χ3n) is 1.74. The molecule has 0 fully saturated rings. The minimum atomic E-state index is 0.679. The molecular formula is C10H10S5. The molecule has 1 aromatic carbocycles. The Morgan fingerprint density at radius 2 is 1.87 bits per heavy atom. The van der Waals surface area contributed by atoms with E-state index in [0.717, 1.165) is 15.5 Å². The molecule has 0 aliphatic carbocycles. The Hall–Kier alpha value is 0.450. The lowest BCUT2D eigenvalue weighted by atomic mass is 10.2. The predicted octanol–water partition coefficient (Wildman–Crippen LogP) is 4.17. The van der Waals surface area contributed by atoms with Gasteiger partial charge in [-0.1, -0.05) is 48.7 Å². The number of hydrogen-bond donors (Lipinski definition) is 1. The lowest BCUT2D eigenvalue weighted by Crippen LogP contribution is -1.91. The molecule has 80 valence electrons. The van der Waals surface area contributed by atoms with Gasteiger partial charge in [0.2, 0.25) is 0 Å². The van der Waals surface area contributed by atoms with E-state index in [9.17, 15) is 0 Å². The van der Waals surface area contributed by atoms with Gasteiger partial charge in [-0.3, -0.25) is 0 Å². The van der Waals surface area contributed by atoms with E-state index < -0.39 is 0 Å². The molecule has 1 aromatic rings. The molecule has 0 atom stereocenters. The Balaban J connectivity index is 2.64. The van der Waals surface area contributed by atoms with Crippen LogP contribution in [0.5, 0.6) is 0 Å². The van der Waals surface area contributed by atoms with Gasteiger partial charge < -0.3 is 0 Å². The van der Waals surface area contributed by atoms with Gasteiger partial charge >= 0.3 is 0 Å². The van der Waals surface area contributed by atoms with Gasteiger partial charge in [0.05, 0.1) is 4.20 Å². The highest BCUT2D eigenvalue weighted by molar-refractivity contribution is 8.41. The first-order chi connectivity index (χ1) is 7.13. The van der Waals surface area contributed by atoms with Crippen LogP contribution in [0.25, 0.3) is 0 Å². The van der Waals surface area contributed by atoms with Crippen molar-refractivity contribution in [2.75, 3.05) is 6.26 Å². The molecule has 0 saturated carbocycles. The molecule has 0 spiro atoms. The zero-order valence-electron chi connectivity index (χ0n) is 8.10. The van der Waals surface area contributed by atoms with Crippen LogP contribution in [-0.4, -0.2) is 14.0 Å². The third kappa shape index (κ3) is 4.87. The maximum absolute atomic E-state index is 5.20. The Kier molecular flexibility index (Phi) is 6.23. The Bertz CT molecular complexity index is 355. The quantitative estimate of drug-likeness (QED) is 0.655. The van der Waals surface area contributed by atoms with Gasteiger partial charge in [0, 0.05) is 5.75 Å². The van der Waals surface area contributed by atoms with Gasteiger partial charge in [-0.05, 0) is 17.4 Å². The SMILES string of the molecule is CSC(=S)c1ccc(CSC(=S)S)cc1. The zero-order chi connectivity index (χ0) is 11.3. The number of thiol groups is 1. The highest BCUT2D eigenvalue weighted by Gasteiger charge is 2.00. The molecule has 0 saturated heterocycles. The average molecular weight is 291 g/mol. The van der Waals surface area contributed by atoms with Crippen LogP contribution in [-0.2, 0) is 5.75 Å². The van der Waals surface area contributed by atoms with E-state index in [1.54, 1.807) is 23.5 Å². The van der Waals surface area contributed by atoms with Crippen LogP contribution in [0.1, 0.15) is 11.1 Å². The summed E-state index contributed by atoms with van der Waals surface area (Å²) in [6.07, 6.45) is 1.99. The summed E-state index contributed by atoms with van der Waals surface area (Å²) in [4.78, 5) is 0. The van der Waals surface area contributed by atoms with Gasteiger partial charge in [-0.2, -0.15) is 0 Å². The van der Waals surface area contributed by atoms with Crippen molar-refractivity contribution in [1.29, 1.82) is 0 Å². The minimum absolute atomic E-state index is 0.679. The summed E-state index contributed by atoms with van der Waals surface area (Å²) in [6, 6.07) is 8.26. The maximum atomic E-state index is 5.20. The second-order valence-corrected chi connectivity index (χ2v) is 6.93. The van der Waals surface area contributed by atoms with Crippen molar-refractivity contribution < 1.29 is 0 Å². The third-order valence-corrected chi connectivity index (χ3v) is 4.55. The van der Waals surface area contributed by atoms with Crippen LogP contribution in [0.4, 0.5) is 0 Å². The Labute approximate surface area is 115 Å². The van der Waals surface area contributed by atoms with Gasteiger partial charge in [0.15, 0.2) is 0 Å². The van der Waals surface area contributed by atoms with Crippen LogP contribution >= 0.6 is 60.6 Å². The van der Waals surface area contributed by atoms with Gasteiger partial charge in [-0.15, -0.1) is 36.2 Å². The summed E-state index contributed by atoms with van der Waals surface area (Å²) < 4.78 is 1.61. The lowest BCUT2D eigenvalue weighted by Gasteiger charge is -2.03. The lowest BCUT2D eigenvalue weighted by molar-refractivity contribution is 1.42. The van der Waals surface area contributed by atoms with Gasteiger partial charge in [0.1, 0.15) is 3.53 Å². The van der Waals surface area contributed by atoms with Crippen LogP contribution in [0.15, 0.2) is 24.3 Å². The molecule has 0 nitrogen and oxygen atoms in total. The van der Waals surface area contributed by atoms with Crippen LogP contribution in [0.3, 0.4) is 0 Å². The first-order valence-corrected chi connectivity index (χ1v) is 7.64. The molecule has 0 heterocycles. The molecule has 5 heteroatoms. The first kappa shape index (κ1) is 13.5. The standard InChI is InChI=1S/C10H10S5/c1-14-9(11)8-4-2-7(3-5-8)6-15-10(12)13/h2-5H,6H2,1H3,(H,12,13). The van der Waals surface area contributed by atoms with E-state index in [4.69, 9.17) is 24.4 Å². The van der Waals surface area contributed by atoms with Gasteiger partial charge in [-0.25, -0.2) is 0 Å². The topological polar surface area (TPSA) is 0 Å². The van der Waals surface area contributed by atoms with Crippen molar-refractivity contribution in [2.24, 2.45) is 0 Å². The second kappa shape index (κ2) is 6.91. The average Bonchev–Trinajstić information content (AvgIpc) is 2.26. The fourth-order valence-corrected chi connectivity index (χ4v) is 2.36. The van der Waals surface area contributed by atoms with E-state index in [-0.39, 0.29) is 0 Å². The number of benzene rings is 1. The monoisotopic (exact) mass is 290 g/mol. The fraction of sp³-hybridized carbons (Fsp3) is 0.200. The zero-order valence-corrected chi connectivity index (χ0v) is 12.3. The second-order valence-electron chi connectivity index (χ2n) is 2.74. The van der Waals surface area contributed by atoms with E-state index in [2.05, 4.69) is 36.9 Å². The molecule has 0 aliphatic heterocycles. The highest BCUT2D eigenvalue weighted by atomic mass is 32.2. The summed E-state index contributed by atoms with van der Waals surface area (Å²) in [5.41, 5.74) is 2.35. The van der Waals surface area contributed by atoms with Crippen molar-refractivity contribution in [3.8, 4) is 0 Å². The van der Waals surface area contributed by atoms with Crippen LogP contribution in [0.2, 0.25) is 0 Å². The largest absolute Gasteiger partial charge is 0.125 e. The molecule has 0 aromatic heterocycles. The highest BCUT2D eigenvalue weighted by Crippen LogP contribution is 2.18. The normalized spacial score (nSPS) is 10.0. The van der Waals surface area contributed by atoms with Crippen molar-refractivity contribution in [2.45, 2.75) is 5.75 Å². The number of thioether (sulfide) groups is 2. The van der Waals surface area contributed by atoms with Crippen molar-refractivity contribution in [3.05, 3.63) is 35.4 Å². The van der Waals surface area contributed by atoms with E-state index in [0.29, 0.717) is 3.53 Å². The molecule has 0 unspecified atom stereocenters. The summed E-state index contributed by atoms with van der Waals surface area (Å²) in [5.74, 6) is 0.870. The van der Waals surface area contributed by atoms with Crippen molar-refractivity contribution in [1.82, 2.24) is 0 Å². The molecule has 0 radical (unpaired) electrons. The summed E-state index contributed by atoms with van der Waals surface area (Å²) in [7, 11) is 0.